The number of pyridine rings is 1. The van der Waals surface area contributed by atoms with E-state index in [0.29, 0.717) is 23.2 Å². The number of hydrogen-bond donors (Lipinski definition) is 1. The number of nitrogens with zero attached hydrogens (tertiary/aromatic N) is 4. The van der Waals surface area contributed by atoms with Crippen LogP contribution < -0.4 is 10.6 Å². The Kier molecular flexibility index (Phi) is 4.06. The highest BCUT2D eigenvalue weighted by atomic mass is 19.4. The summed E-state index contributed by atoms with van der Waals surface area (Å²) in [6, 6.07) is 3.27. The minimum Gasteiger partial charge on any atom is -0.411 e. The largest absolute Gasteiger partial charge is 0.504 e. The summed E-state index contributed by atoms with van der Waals surface area (Å²) in [4.78, 5) is 9.74. The summed E-state index contributed by atoms with van der Waals surface area (Å²) in [5.41, 5.74) is 7.39. The zero-order valence-electron chi connectivity index (χ0n) is 12.6. The summed E-state index contributed by atoms with van der Waals surface area (Å²) in [5, 5.41) is 3.34. The molecule has 0 spiro atoms. The van der Waals surface area contributed by atoms with Crippen LogP contribution in [0, 0.1) is 0 Å². The van der Waals surface area contributed by atoms with Crippen LogP contribution in [0.2, 0.25) is 0 Å². The second-order valence-corrected chi connectivity index (χ2v) is 4.94. The fourth-order valence-corrected chi connectivity index (χ4v) is 2.23. The van der Waals surface area contributed by atoms with Gasteiger partial charge in [0.15, 0.2) is 0 Å². The molecule has 24 heavy (non-hydrogen) atoms. The number of alkyl halides is 3. The zero-order chi connectivity index (χ0) is 17.3. The first kappa shape index (κ1) is 16.1. The van der Waals surface area contributed by atoms with E-state index >= 15 is 0 Å². The number of nitrogens with two attached hydrogens (primary N) is 1. The molecular weight excluding hydrogens is 327 g/mol. The lowest BCUT2D eigenvalue weighted by atomic mass is 10.1. The fourth-order valence-electron chi connectivity index (χ4n) is 2.23. The SMILES string of the molecule is COCCOn1cc(-c2cnn(C(F)(F)F)c2)c2nc(N)ccc21. The zero-order valence-corrected chi connectivity index (χ0v) is 12.6. The van der Waals surface area contributed by atoms with Gasteiger partial charge in [0, 0.05) is 24.4 Å². The van der Waals surface area contributed by atoms with Crippen molar-refractivity contribution in [2.45, 2.75) is 6.30 Å². The summed E-state index contributed by atoms with van der Waals surface area (Å²) in [7, 11) is 1.54. The Balaban J connectivity index is 2.06. The number of hydrogen-bond acceptors (Lipinski definition) is 5. The van der Waals surface area contributed by atoms with Gasteiger partial charge in [0.05, 0.1) is 19.0 Å². The van der Waals surface area contributed by atoms with Gasteiger partial charge in [-0.3, -0.25) is 0 Å². The predicted octanol–water partition coefficient (Wildman–Crippen LogP) is 2.03. The molecule has 0 bridgehead atoms. The Hall–Kier alpha value is -2.75. The number of aromatic nitrogens is 4. The van der Waals surface area contributed by atoms with Gasteiger partial charge >= 0.3 is 6.30 Å². The Morgan fingerprint density at radius 3 is 2.67 bits per heavy atom. The molecule has 0 aliphatic carbocycles. The van der Waals surface area contributed by atoms with Gasteiger partial charge in [0.25, 0.3) is 0 Å². The third kappa shape index (κ3) is 3.00. The topological polar surface area (TPSA) is 80.1 Å². The quantitative estimate of drug-likeness (QED) is 0.718. The second-order valence-electron chi connectivity index (χ2n) is 4.94. The molecule has 3 heterocycles. The molecular formula is C14H14F3N5O2. The first-order chi connectivity index (χ1) is 11.4. The summed E-state index contributed by atoms with van der Waals surface area (Å²) in [6.07, 6.45) is -1.03. The van der Waals surface area contributed by atoms with Gasteiger partial charge < -0.3 is 15.3 Å². The van der Waals surface area contributed by atoms with Gasteiger partial charge in [-0.1, -0.05) is 0 Å². The van der Waals surface area contributed by atoms with Gasteiger partial charge in [0.2, 0.25) is 0 Å². The van der Waals surface area contributed by atoms with E-state index in [9.17, 15) is 13.2 Å². The average Bonchev–Trinajstić information content (AvgIpc) is 3.12. The molecule has 0 saturated carbocycles. The third-order valence-corrected chi connectivity index (χ3v) is 3.31. The number of fused-ring (bicyclic) bond motifs is 1. The van der Waals surface area contributed by atoms with E-state index in [4.69, 9.17) is 15.3 Å². The van der Waals surface area contributed by atoms with Crippen molar-refractivity contribution in [2.24, 2.45) is 0 Å². The number of anilines is 1. The Labute approximate surface area is 134 Å². The van der Waals surface area contributed by atoms with Crippen molar-refractivity contribution >= 4 is 16.9 Å². The minimum atomic E-state index is -4.59. The highest BCUT2D eigenvalue weighted by molar-refractivity contribution is 5.93. The summed E-state index contributed by atoms with van der Waals surface area (Å²) < 4.78 is 44.5. The standard InChI is InChI=1S/C14H14F3N5O2/c1-23-4-5-24-21-8-10(13-11(21)2-3-12(18)20-13)9-6-19-22(7-9)14(15,16)17/h2-3,6-8H,4-5H2,1H3,(H2,18,20). The predicted molar refractivity (Wildman–Crippen MR) is 80.0 cm³/mol. The molecule has 0 saturated heterocycles. The first-order valence-electron chi connectivity index (χ1n) is 6.92. The van der Waals surface area contributed by atoms with Crippen molar-refractivity contribution in [1.29, 1.82) is 0 Å². The lowest BCUT2D eigenvalue weighted by Crippen LogP contribution is -2.16. The van der Waals surface area contributed by atoms with Crippen molar-refractivity contribution in [1.82, 2.24) is 19.5 Å². The summed E-state index contributed by atoms with van der Waals surface area (Å²) in [6.45, 7) is 0.634. The van der Waals surface area contributed by atoms with Gasteiger partial charge in [-0.2, -0.15) is 14.5 Å². The third-order valence-electron chi connectivity index (χ3n) is 3.31. The maximum absolute atomic E-state index is 12.7. The monoisotopic (exact) mass is 341 g/mol. The maximum atomic E-state index is 12.7. The molecule has 3 aromatic heterocycles. The number of nitrogen functional groups attached to an aromatic ring is 1. The molecule has 0 aliphatic heterocycles. The van der Waals surface area contributed by atoms with Crippen molar-refractivity contribution in [2.75, 3.05) is 26.1 Å². The fraction of sp³-hybridized carbons (Fsp3) is 0.286. The van der Waals surface area contributed by atoms with Crippen molar-refractivity contribution in [3.8, 4) is 11.1 Å². The Bertz CT molecular complexity index is 856. The Morgan fingerprint density at radius 1 is 1.21 bits per heavy atom. The number of ether oxygens (including phenoxy) is 1. The lowest BCUT2D eigenvalue weighted by molar-refractivity contribution is -0.212. The van der Waals surface area contributed by atoms with Crippen LogP contribution in [0.25, 0.3) is 22.2 Å². The lowest BCUT2D eigenvalue weighted by Gasteiger charge is -2.06. The Morgan fingerprint density at radius 2 is 2.00 bits per heavy atom. The average molecular weight is 341 g/mol. The van der Waals surface area contributed by atoms with Crippen LogP contribution in [0.3, 0.4) is 0 Å². The van der Waals surface area contributed by atoms with Crippen molar-refractivity contribution in [3.05, 3.63) is 30.7 Å². The molecule has 0 aliphatic rings. The van der Waals surface area contributed by atoms with Gasteiger partial charge in [-0.05, 0) is 12.1 Å². The molecule has 3 rings (SSSR count). The molecule has 0 fully saturated rings. The molecule has 0 aromatic carbocycles. The van der Waals surface area contributed by atoms with Gasteiger partial charge in [-0.25, -0.2) is 4.98 Å². The molecule has 0 radical (unpaired) electrons. The van der Waals surface area contributed by atoms with E-state index in [1.54, 1.807) is 18.3 Å². The van der Waals surface area contributed by atoms with E-state index in [2.05, 4.69) is 10.1 Å². The van der Waals surface area contributed by atoms with Gasteiger partial charge in [0.1, 0.15) is 23.5 Å². The van der Waals surface area contributed by atoms with Crippen LogP contribution >= 0.6 is 0 Å². The molecule has 128 valence electrons. The molecule has 0 amide bonds. The first-order valence-corrected chi connectivity index (χ1v) is 6.92. The second kappa shape index (κ2) is 6.04. The van der Waals surface area contributed by atoms with E-state index in [-0.39, 0.29) is 22.7 Å². The normalized spacial score (nSPS) is 12.0. The van der Waals surface area contributed by atoms with Crippen molar-refractivity contribution < 1.29 is 22.7 Å². The number of methoxy groups -OCH3 is 1. The smallest absolute Gasteiger partial charge is 0.411 e. The van der Waals surface area contributed by atoms with Gasteiger partial charge in [-0.15, -0.1) is 13.2 Å². The van der Waals surface area contributed by atoms with Crippen LogP contribution in [0.5, 0.6) is 0 Å². The maximum Gasteiger partial charge on any atom is 0.504 e. The van der Waals surface area contributed by atoms with Crippen LogP contribution in [-0.2, 0) is 11.0 Å². The molecule has 10 heteroatoms. The van der Waals surface area contributed by atoms with Crippen LogP contribution in [0.15, 0.2) is 30.7 Å². The summed E-state index contributed by atoms with van der Waals surface area (Å²) >= 11 is 0. The van der Waals surface area contributed by atoms with E-state index < -0.39 is 6.30 Å². The van der Waals surface area contributed by atoms with Crippen molar-refractivity contribution in [3.63, 3.8) is 0 Å². The van der Waals surface area contributed by atoms with E-state index in [0.717, 1.165) is 12.4 Å². The molecule has 0 atom stereocenters. The van der Waals surface area contributed by atoms with Crippen LogP contribution in [0.4, 0.5) is 19.0 Å². The highest BCUT2D eigenvalue weighted by Gasteiger charge is 2.32. The van der Waals surface area contributed by atoms with Crippen LogP contribution in [0.1, 0.15) is 0 Å². The molecule has 7 nitrogen and oxygen atoms in total. The molecule has 2 N–H and O–H groups in total. The minimum absolute atomic E-state index is 0.0659. The number of halogens is 3. The van der Waals surface area contributed by atoms with E-state index in [1.165, 1.54) is 11.8 Å². The summed E-state index contributed by atoms with van der Waals surface area (Å²) in [5.74, 6) is 0.251. The highest BCUT2D eigenvalue weighted by Crippen LogP contribution is 2.31. The molecule has 3 aromatic rings. The molecule has 0 unspecified atom stereocenters. The van der Waals surface area contributed by atoms with Crippen LogP contribution in [-0.4, -0.2) is 39.8 Å². The van der Waals surface area contributed by atoms with E-state index in [1.807, 2.05) is 0 Å². The number of rotatable bonds is 5.